The summed E-state index contributed by atoms with van der Waals surface area (Å²) in [5.74, 6) is 0.698. The third kappa shape index (κ3) is 2.33. The first-order chi connectivity index (χ1) is 5.36. The molecule has 1 aromatic heterocycles. The molecule has 3 nitrogen and oxygen atoms in total. The van der Waals surface area contributed by atoms with Crippen molar-refractivity contribution in [3.8, 4) is 6.07 Å². The van der Waals surface area contributed by atoms with Crippen molar-refractivity contribution in [3.63, 3.8) is 0 Å². The maximum Gasteiger partial charge on any atom is 0.136 e. The highest BCUT2D eigenvalue weighted by Gasteiger charge is 1.91. The van der Waals surface area contributed by atoms with E-state index >= 15 is 0 Å². The highest BCUT2D eigenvalue weighted by atomic mass is 33.1. The van der Waals surface area contributed by atoms with Gasteiger partial charge in [-0.05, 0) is 12.1 Å². The van der Waals surface area contributed by atoms with E-state index in [4.69, 9.17) is 5.26 Å². The summed E-state index contributed by atoms with van der Waals surface area (Å²) in [4.78, 5) is 3.94. The fourth-order valence-electron chi connectivity index (χ4n) is 0.567. The number of aromatic nitrogens is 1. The second-order valence-electron chi connectivity index (χ2n) is 1.74. The molecule has 0 radical (unpaired) electrons. The van der Waals surface area contributed by atoms with Gasteiger partial charge in [0.05, 0.1) is 5.56 Å². The highest BCUT2D eigenvalue weighted by Crippen LogP contribution is 2.11. The molecule has 0 amide bonds. The van der Waals surface area contributed by atoms with E-state index in [0.717, 1.165) is 0 Å². The van der Waals surface area contributed by atoms with Crippen LogP contribution in [0.1, 0.15) is 5.56 Å². The second kappa shape index (κ2) is 4.11. The Labute approximate surface area is 73.8 Å². The molecular formula is C6H5N3S2. The maximum atomic E-state index is 8.43. The lowest BCUT2D eigenvalue weighted by atomic mass is 10.3. The van der Waals surface area contributed by atoms with Gasteiger partial charge in [0.1, 0.15) is 11.9 Å². The number of rotatable bonds is 2. The van der Waals surface area contributed by atoms with Gasteiger partial charge >= 0.3 is 0 Å². The normalized spacial score (nSPS) is 8.73. The Hall–Kier alpha value is -0.860. The first-order valence-electron chi connectivity index (χ1n) is 2.79. The van der Waals surface area contributed by atoms with Crippen LogP contribution >= 0.6 is 22.6 Å². The van der Waals surface area contributed by atoms with Crippen LogP contribution in [-0.2, 0) is 0 Å². The minimum Gasteiger partial charge on any atom is -0.305 e. The van der Waals surface area contributed by atoms with Crippen LogP contribution in [0.2, 0.25) is 0 Å². The molecule has 0 fully saturated rings. The monoisotopic (exact) mass is 183 g/mol. The van der Waals surface area contributed by atoms with Gasteiger partial charge in [-0.25, -0.2) is 4.98 Å². The smallest absolute Gasteiger partial charge is 0.136 e. The number of hydrogen-bond acceptors (Lipinski definition) is 5. The summed E-state index contributed by atoms with van der Waals surface area (Å²) in [6.45, 7) is 0. The number of nitrogens with one attached hydrogen (secondary N) is 1. The van der Waals surface area contributed by atoms with Crippen molar-refractivity contribution >= 4 is 28.5 Å². The number of nitriles is 1. The molecule has 5 heteroatoms. The average Bonchev–Trinajstić information content (AvgIpc) is 2.07. The zero-order valence-corrected chi connectivity index (χ0v) is 7.19. The fraction of sp³-hybridized carbons (Fsp3) is 0. The van der Waals surface area contributed by atoms with Gasteiger partial charge in [0.2, 0.25) is 0 Å². The molecule has 0 aliphatic rings. The largest absolute Gasteiger partial charge is 0.305 e. The Balaban J connectivity index is 2.76. The fourth-order valence-corrected chi connectivity index (χ4v) is 1.06. The molecule has 1 heterocycles. The molecule has 11 heavy (non-hydrogen) atoms. The molecule has 0 atom stereocenters. The molecular weight excluding hydrogens is 178 g/mol. The molecule has 0 saturated carbocycles. The minimum absolute atomic E-state index is 0.555. The molecule has 0 aromatic carbocycles. The molecule has 0 bridgehead atoms. The lowest BCUT2D eigenvalue weighted by molar-refractivity contribution is 1.31. The lowest BCUT2D eigenvalue weighted by Gasteiger charge is -1.97. The van der Waals surface area contributed by atoms with Gasteiger partial charge in [0, 0.05) is 17.2 Å². The summed E-state index contributed by atoms with van der Waals surface area (Å²) < 4.78 is 2.82. The van der Waals surface area contributed by atoms with E-state index in [1.165, 1.54) is 17.2 Å². The Morgan fingerprint density at radius 3 is 2.91 bits per heavy atom. The summed E-state index contributed by atoms with van der Waals surface area (Å²) in [5, 5.41) is 8.43. The van der Waals surface area contributed by atoms with Gasteiger partial charge in [-0.1, -0.05) is 11.7 Å². The average molecular weight is 183 g/mol. The topological polar surface area (TPSA) is 48.7 Å². The van der Waals surface area contributed by atoms with Crippen LogP contribution in [-0.4, -0.2) is 4.98 Å². The van der Waals surface area contributed by atoms with Crippen molar-refractivity contribution in [2.45, 2.75) is 0 Å². The van der Waals surface area contributed by atoms with E-state index in [1.807, 2.05) is 6.07 Å². The van der Waals surface area contributed by atoms with E-state index in [-0.39, 0.29) is 0 Å². The first-order valence-corrected chi connectivity index (χ1v) is 4.66. The number of hydrogen-bond donors (Lipinski definition) is 2. The zero-order valence-electron chi connectivity index (χ0n) is 5.48. The quantitative estimate of drug-likeness (QED) is 0.417. The van der Waals surface area contributed by atoms with Crippen LogP contribution in [0.5, 0.6) is 0 Å². The number of anilines is 1. The van der Waals surface area contributed by atoms with Crippen LogP contribution in [0.15, 0.2) is 18.3 Å². The summed E-state index contributed by atoms with van der Waals surface area (Å²) in [7, 11) is 1.17. The van der Waals surface area contributed by atoms with E-state index in [1.54, 1.807) is 12.1 Å². The molecule has 0 spiro atoms. The highest BCUT2D eigenvalue weighted by molar-refractivity contribution is 8.69. The van der Waals surface area contributed by atoms with E-state index < -0.39 is 0 Å². The molecule has 1 aromatic rings. The van der Waals surface area contributed by atoms with Gasteiger partial charge in [-0.15, -0.1) is 0 Å². The lowest BCUT2D eigenvalue weighted by Crippen LogP contribution is -1.86. The Bertz CT molecular complexity index is 264. The molecule has 1 rings (SSSR count). The van der Waals surface area contributed by atoms with E-state index in [0.29, 0.717) is 11.4 Å². The summed E-state index contributed by atoms with van der Waals surface area (Å²) in [6, 6.07) is 5.40. The SMILES string of the molecule is N#Cc1ccc(NSS)nc1. The van der Waals surface area contributed by atoms with Crippen molar-refractivity contribution in [1.29, 1.82) is 5.26 Å². The van der Waals surface area contributed by atoms with Gasteiger partial charge < -0.3 is 4.72 Å². The third-order valence-corrected chi connectivity index (χ3v) is 1.62. The summed E-state index contributed by atoms with van der Waals surface area (Å²) in [5.41, 5.74) is 0.555. The van der Waals surface area contributed by atoms with Crippen molar-refractivity contribution in [3.05, 3.63) is 23.9 Å². The molecule has 0 aliphatic heterocycles. The Morgan fingerprint density at radius 2 is 2.45 bits per heavy atom. The van der Waals surface area contributed by atoms with Gasteiger partial charge in [-0.2, -0.15) is 5.26 Å². The number of thiol groups is 1. The van der Waals surface area contributed by atoms with Crippen molar-refractivity contribution in [1.82, 2.24) is 4.98 Å². The minimum atomic E-state index is 0.555. The van der Waals surface area contributed by atoms with Crippen LogP contribution < -0.4 is 4.72 Å². The van der Waals surface area contributed by atoms with Crippen molar-refractivity contribution < 1.29 is 0 Å². The maximum absolute atomic E-state index is 8.43. The van der Waals surface area contributed by atoms with Crippen LogP contribution in [0.4, 0.5) is 5.82 Å². The summed E-state index contributed by atoms with van der Waals surface area (Å²) in [6.07, 6.45) is 1.51. The molecule has 1 N–H and O–H groups in total. The zero-order chi connectivity index (χ0) is 8.10. The molecule has 56 valence electrons. The second-order valence-corrected chi connectivity index (χ2v) is 2.67. The van der Waals surface area contributed by atoms with Crippen LogP contribution in [0.25, 0.3) is 0 Å². The predicted octanol–water partition coefficient (Wildman–Crippen LogP) is 1.86. The molecule has 0 saturated heterocycles. The van der Waals surface area contributed by atoms with Gasteiger partial charge in [0.15, 0.2) is 0 Å². The van der Waals surface area contributed by atoms with E-state index in [2.05, 4.69) is 21.4 Å². The van der Waals surface area contributed by atoms with Gasteiger partial charge in [-0.3, -0.25) is 0 Å². The Morgan fingerprint density at radius 1 is 1.64 bits per heavy atom. The van der Waals surface area contributed by atoms with Crippen molar-refractivity contribution in [2.75, 3.05) is 4.72 Å². The predicted molar refractivity (Wildman–Crippen MR) is 49.2 cm³/mol. The number of nitrogens with zero attached hydrogens (tertiary/aromatic N) is 2. The van der Waals surface area contributed by atoms with E-state index in [9.17, 15) is 0 Å². The number of pyridine rings is 1. The van der Waals surface area contributed by atoms with Crippen molar-refractivity contribution in [2.24, 2.45) is 0 Å². The first kappa shape index (κ1) is 8.24. The van der Waals surface area contributed by atoms with Gasteiger partial charge in [0.25, 0.3) is 0 Å². The third-order valence-electron chi connectivity index (χ3n) is 1.04. The van der Waals surface area contributed by atoms with Crippen LogP contribution in [0, 0.1) is 11.3 Å². The molecule has 0 unspecified atom stereocenters. The standard InChI is InChI=1S/C6H5N3S2/c7-3-5-1-2-6(8-4-5)9-11-10/h1-2,4,10H,(H,8,9). The molecule has 0 aliphatic carbocycles. The van der Waals surface area contributed by atoms with Crippen LogP contribution in [0.3, 0.4) is 0 Å². The summed E-state index contributed by atoms with van der Waals surface area (Å²) >= 11 is 3.88. The Kier molecular flexibility index (Phi) is 3.08.